The molecule has 0 aliphatic carbocycles. The molecule has 0 aliphatic rings. The first-order valence-corrected chi connectivity index (χ1v) is 3.91. The zero-order valence-electron chi connectivity index (χ0n) is 7.38. The maximum absolute atomic E-state index is 12.5. The van der Waals surface area contributed by atoms with Crippen molar-refractivity contribution in [3.05, 3.63) is 35.9 Å². The molecular weight excluding hydrogens is 211 g/mol. The molecule has 6 heteroatoms. The number of hydrogen-bond acceptors (Lipinski definition) is 1. The highest BCUT2D eigenvalue weighted by atomic mass is 19.4. The van der Waals surface area contributed by atoms with Crippen LogP contribution in [0.25, 0.3) is 0 Å². The highest BCUT2D eigenvalue weighted by molar-refractivity contribution is 5.81. The van der Waals surface area contributed by atoms with Gasteiger partial charge in [-0.3, -0.25) is 0 Å². The lowest BCUT2D eigenvalue weighted by Gasteiger charge is -2.26. The van der Waals surface area contributed by atoms with Crippen molar-refractivity contribution in [2.24, 2.45) is 0 Å². The van der Waals surface area contributed by atoms with Crippen molar-refractivity contribution in [2.75, 3.05) is 0 Å². The second-order valence-corrected chi connectivity index (χ2v) is 2.92. The van der Waals surface area contributed by atoms with Gasteiger partial charge < -0.3 is 5.11 Å². The second kappa shape index (κ2) is 3.54. The van der Waals surface area contributed by atoms with Crippen LogP contribution in [-0.2, 0) is 10.3 Å². The van der Waals surface area contributed by atoms with Crippen LogP contribution in [0, 0.1) is 0 Å². The molecule has 0 unspecified atom stereocenters. The number of halogens is 3. The number of carboxylic acid groups (broad SMARTS) is 1. The molecule has 0 bridgehead atoms. The van der Waals surface area contributed by atoms with E-state index in [1.54, 1.807) is 0 Å². The molecule has 0 saturated heterocycles. The maximum Gasteiger partial charge on any atom is 0.422 e. The van der Waals surface area contributed by atoms with Crippen molar-refractivity contribution in [3.63, 3.8) is 0 Å². The van der Waals surface area contributed by atoms with E-state index in [0.29, 0.717) is 0 Å². The Morgan fingerprint density at radius 2 is 1.67 bits per heavy atom. The van der Waals surface area contributed by atoms with Gasteiger partial charge in [-0.2, -0.15) is 13.2 Å². The third-order valence-electron chi connectivity index (χ3n) is 1.95. The first-order chi connectivity index (χ1) is 6.80. The highest BCUT2D eigenvalue weighted by Gasteiger charge is 2.60. The van der Waals surface area contributed by atoms with Crippen molar-refractivity contribution in [1.82, 2.24) is 5.73 Å². The van der Waals surface area contributed by atoms with Gasteiger partial charge in [-0.1, -0.05) is 30.3 Å². The van der Waals surface area contributed by atoms with Gasteiger partial charge in [-0.05, 0) is 5.56 Å². The largest absolute Gasteiger partial charge is 0.479 e. The van der Waals surface area contributed by atoms with Crippen LogP contribution in [0.3, 0.4) is 0 Å². The van der Waals surface area contributed by atoms with Crippen molar-refractivity contribution >= 4 is 5.97 Å². The Morgan fingerprint density at radius 1 is 1.20 bits per heavy atom. The third-order valence-corrected chi connectivity index (χ3v) is 1.95. The Bertz CT molecular complexity index is 363. The summed E-state index contributed by atoms with van der Waals surface area (Å²) in [5, 5.41) is 8.51. The Labute approximate surface area is 83.3 Å². The average molecular weight is 218 g/mol. The molecule has 1 radical (unpaired) electrons. The van der Waals surface area contributed by atoms with Crippen LogP contribution in [0.1, 0.15) is 5.56 Å². The van der Waals surface area contributed by atoms with E-state index in [4.69, 9.17) is 10.8 Å². The van der Waals surface area contributed by atoms with Gasteiger partial charge >= 0.3 is 12.1 Å². The normalized spacial score (nSPS) is 15.7. The summed E-state index contributed by atoms with van der Waals surface area (Å²) in [6, 6.07) is 5.89. The Kier molecular flexibility index (Phi) is 2.72. The van der Waals surface area contributed by atoms with Crippen LogP contribution in [0.5, 0.6) is 0 Å². The van der Waals surface area contributed by atoms with Gasteiger partial charge in [0.05, 0.1) is 0 Å². The number of alkyl halides is 3. The number of nitrogens with one attached hydrogen (secondary N) is 1. The predicted molar refractivity (Wildman–Crippen MR) is 44.9 cm³/mol. The fraction of sp³-hybridized carbons (Fsp3) is 0.222. The number of carbonyl (C=O) groups is 1. The number of carboxylic acids is 1. The minimum atomic E-state index is -5.15. The van der Waals surface area contributed by atoms with Crippen molar-refractivity contribution < 1.29 is 23.1 Å². The quantitative estimate of drug-likeness (QED) is 0.822. The summed E-state index contributed by atoms with van der Waals surface area (Å²) in [6.45, 7) is 0. The van der Waals surface area contributed by atoms with E-state index in [1.807, 2.05) is 0 Å². The third kappa shape index (κ3) is 1.80. The van der Waals surface area contributed by atoms with E-state index < -0.39 is 23.2 Å². The van der Waals surface area contributed by atoms with Gasteiger partial charge in [0, 0.05) is 0 Å². The zero-order valence-corrected chi connectivity index (χ0v) is 7.38. The summed E-state index contributed by atoms with van der Waals surface area (Å²) in [5.41, 5.74) is 2.83. The van der Waals surface area contributed by atoms with E-state index >= 15 is 0 Å². The lowest BCUT2D eigenvalue weighted by molar-refractivity contribution is -0.206. The predicted octanol–water partition coefficient (Wildman–Crippen LogP) is 1.81. The van der Waals surface area contributed by atoms with Gasteiger partial charge in [-0.15, -0.1) is 0 Å². The van der Waals surface area contributed by atoms with Gasteiger partial charge in [0.1, 0.15) is 0 Å². The number of aliphatic carboxylic acids is 1. The summed E-state index contributed by atoms with van der Waals surface area (Å²) in [4.78, 5) is 10.6. The van der Waals surface area contributed by atoms with Gasteiger partial charge in [0.25, 0.3) is 5.54 Å². The minimum absolute atomic E-state index is 0.606. The molecule has 1 rings (SSSR count). The van der Waals surface area contributed by atoms with Crippen molar-refractivity contribution in [2.45, 2.75) is 11.7 Å². The van der Waals surface area contributed by atoms with Crippen LogP contribution in [0.2, 0.25) is 0 Å². The SMILES string of the molecule is [NH][C@](C(=O)O)(c1ccccc1)C(F)(F)F. The van der Waals surface area contributed by atoms with Gasteiger partial charge in [-0.25, -0.2) is 10.5 Å². The molecule has 0 amide bonds. The fourth-order valence-electron chi connectivity index (χ4n) is 1.10. The molecule has 0 fully saturated rings. The summed E-state index contributed by atoms with van der Waals surface area (Å²) in [5.74, 6) is -2.24. The molecule has 0 aliphatic heterocycles. The first kappa shape index (κ1) is 11.5. The fourth-order valence-corrected chi connectivity index (χ4v) is 1.10. The molecule has 0 heterocycles. The lowest BCUT2D eigenvalue weighted by atomic mass is 9.90. The zero-order chi connectivity index (χ0) is 11.7. The van der Waals surface area contributed by atoms with Gasteiger partial charge in [0.2, 0.25) is 0 Å². The molecule has 1 aromatic carbocycles. The van der Waals surface area contributed by atoms with E-state index in [1.165, 1.54) is 18.2 Å². The smallest absolute Gasteiger partial charge is 0.422 e. The standard InChI is InChI=1S/C9H7F3NO2/c10-9(11,12)8(13,7(14)15)6-4-2-1-3-5-6/h1-5,13H,(H,14,15)/t8-/m0/s1. The van der Waals surface area contributed by atoms with E-state index in [9.17, 15) is 18.0 Å². The number of rotatable bonds is 2. The van der Waals surface area contributed by atoms with Crippen LogP contribution < -0.4 is 5.73 Å². The van der Waals surface area contributed by atoms with E-state index in [0.717, 1.165) is 12.1 Å². The maximum atomic E-state index is 12.5. The highest BCUT2D eigenvalue weighted by Crippen LogP contribution is 2.38. The van der Waals surface area contributed by atoms with Crippen molar-refractivity contribution in [1.29, 1.82) is 0 Å². The Balaban J connectivity index is 3.32. The van der Waals surface area contributed by atoms with E-state index in [-0.39, 0.29) is 0 Å². The molecule has 3 nitrogen and oxygen atoms in total. The summed E-state index contributed by atoms with van der Waals surface area (Å²) >= 11 is 0. The first-order valence-electron chi connectivity index (χ1n) is 3.91. The minimum Gasteiger partial charge on any atom is -0.479 e. The lowest BCUT2D eigenvalue weighted by Crippen LogP contribution is -2.50. The molecule has 81 valence electrons. The molecule has 1 aromatic rings. The summed E-state index contributed by atoms with van der Waals surface area (Å²) in [7, 11) is 0. The van der Waals surface area contributed by atoms with Crippen LogP contribution in [0.15, 0.2) is 30.3 Å². The number of hydrogen-bond donors (Lipinski definition) is 1. The van der Waals surface area contributed by atoms with Crippen LogP contribution >= 0.6 is 0 Å². The molecular formula is C9H7F3NO2. The van der Waals surface area contributed by atoms with Crippen molar-refractivity contribution in [3.8, 4) is 0 Å². The van der Waals surface area contributed by atoms with Crippen LogP contribution in [-0.4, -0.2) is 17.3 Å². The second-order valence-electron chi connectivity index (χ2n) is 2.92. The van der Waals surface area contributed by atoms with E-state index in [2.05, 4.69) is 0 Å². The Morgan fingerprint density at radius 3 is 2.00 bits per heavy atom. The molecule has 0 aromatic heterocycles. The monoisotopic (exact) mass is 218 g/mol. The molecule has 15 heavy (non-hydrogen) atoms. The molecule has 2 N–H and O–H groups in total. The average Bonchev–Trinajstić information content (AvgIpc) is 2.16. The molecule has 0 spiro atoms. The molecule has 0 saturated carbocycles. The summed E-state index contributed by atoms with van der Waals surface area (Å²) in [6.07, 6.45) is -5.15. The Hall–Kier alpha value is -1.56. The molecule has 1 atom stereocenters. The van der Waals surface area contributed by atoms with Crippen LogP contribution in [0.4, 0.5) is 13.2 Å². The van der Waals surface area contributed by atoms with Gasteiger partial charge in [0.15, 0.2) is 0 Å². The number of benzene rings is 1. The summed E-state index contributed by atoms with van der Waals surface area (Å²) < 4.78 is 37.4. The topological polar surface area (TPSA) is 61.1 Å².